The summed E-state index contributed by atoms with van der Waals surface area (Å²) in [5, 5.41) is 0. The molecule has 1 aromatic rings. The highest BCUT2D eigenvalue weighted by atomic mass is 127. The Bertz CT molecular complexity index is 338. The standard InChI is InChI=1S/C10H12INO/c1-6-4-7(11)5-9-10(6)8(12)2-3-13-9/h4-5,8H,2-3,12H2,1H3/t8-/m1/s1. The molecule has 1 heterocycles. The summed E-state index contributed by atoms with van der Waals surface area (Å²) in [5.41, 5.74) is 8.45. The van der Waals surface area contributed by atoms with E-state index in [-0.39, 0.29) is 6.04 Å². The molecule has 3 heteroatoms. The van der Waals surface area contributed by atoms with Crippen LogP contribution >= 0.6 is 22.6 Å². The maximum atomic E-state index is 6.01. The van der Waals surface area contributed by atoms with Crippen LogP contribution in [0, 0.1) is 10.5 Å². The van der Waals surface area contributed by atoms with E-state index in [0.29, 0.717) is 0 Å². The fourth-order valence-electron chi connectivity index (χ4n) is 1.76. The van der Waals surface area contributed by atoms with Gasteiger partial charge in [0.2, 0.25) is 0 Å². The minimum Gasteiger partial charge on any atom is -0.493 e. The highest BCUT2D eigenvalue weighted by Crippen LogP contribution is 2.34. The van der Waals surface area contributed by atoms with Gasteiger partial charge in [-0.1, -0.05) is 0 Å². The first-order chi connectivity index (χ1) is 6.18. The Morgan fingerprint density at radius 3 is 3.08 bits per heavy atom. The summed E-state index contributed by atoms with van der Waals surface area (Å²) in [7, 11) is 0. The third-order valence-corrected chi connectivity index (χ3v) is 2.99. The van der Waals surface area contributed by atoms with Crippen molar-refractivity contribution in [3.63, 3.8) is 0 Å². The highest BCUT2D eigenvalue weighted by molar-refractivity contribution is 14.1. The third-order valence-electron chi connectivity index (χ3n) is 2.37. The van der Waals surface area contributed by atoms with Crippen LogP contribution in [0.4, 0.5) is 0 Å². The van der Waals surface area contributed by atoms with Gasteiger partial charge in [-0.25, -0.2) is 0 Å². The molecule has 0 amide bonds. The Kier molecular flexibility index (Phi) is 2.47. The zero-order chi connectivity index (χ0) is 9.42. The number of benzene rings is 1. The van der Waals surface area contributed by atoms with Crippen LogP contribution < -0.4 is 10.5 Å². The number of halogens is 1. The molecule has 0 aromatic heterocycles. The molecule has 0 spiro atoms. The molecule has 0 bridgehead atoms. The first kappa shape index (κ1) is 9.27. The van der Waals surface area contributed by atoms with Crippen molar-refractivity contribution in [2.24, 2.45) is 5.73 Å². The zero-order valence-electron chi connectivity index (χ0n) is 7.51. The molecule has 0 aliphatic carbocycles. The van der Waals surface area contributed by atoms with Crippen LogP contribution in [0.1, 0.15) is 23.6 Å². The fraction of sp³-hybridized carbons (Fsp3) is 0.400. The number of aryl methyl sites for hydroxylation is 1. The van der Waals surface area contributed by atoms with Gasteiger partial charge in [0.05, 0.1) is 6.61 Å². The molecule has 13 heavy (non-hydrogen) atoms. The minimum absolute atomic E-state index is 0.153. The summed E-state index contributed by atoms with van der Waals surface area (Å²) in [6, 6.07) is 4.36. The average molecular weight is 289 g/mol. The van der Waals surface area contributed by atoms with Gasteiger partial charge in [0.15, 0.2) is 0 Å². The maximum Gasteiger partial charge on any atom is 0.125 e. The second-order valence-corrected chi connectivity index (χ2v) is 4.62. The van der Waals surface area contributed by atoms with Crippen molar-refractivity contribution in [2.45, 2.75) is 19.4 Å². The van der Waals surface area contributed by atoms with Gasteiger partial charge in [-0.15, -0.1) is 0 Å². The van der Waals surface area contributed by atoms with Gasteiger partial charge in [0.1, 0.15) is 5.75 Å². The van der Waals surface area contributed by atoms with Gasteiger partial charge in [-0.05, 0) is 47.2 Å². The topological polar surface area (TPSA) is 35.2 Å². The van der Waals surface area contributed by atoms with Crippen molar-refractivity contribution in [1.29, 1.82) is 0 Å². The molecular weight excluding hydrogens is 277 g/mol. The molecule has 2 nitrogen and oxygen atoms in total. The number of nitrogens with two attached hydrogens (primary N) is 1. The van der Waals surface area contributed by atoms with Gasteiger partial charge < -0.3 is 10.5 Å². The molecule has 2 rings (SSSR count). The zero-order valence-corrected chi connectivity index (χ0v) is 9.67. The van der Waals surface area contributed by atoms with Crippen LogP contribution in [0.3, 0.4) is 0 Å². The number of rotatable bonds is 0. The van der Waals surface area contributed by atoms with Gasteiger partial charge in [-0.3, -0.25) is 0 Å². The first-order valence-corrected chi connectivity index (χ1v) is 5.45. The van der Waals surface area contributed by atoms with E-state index in [0.717, 1.165) is 18.8 Å². The lowest BCUT2D eigenvalue weighted by atomic mass is 9.97. The molecular formula is C10H12INO. The molecule has 2 N–H and O–H groups in total. The lowest BCUT2D eigenvalue weighted by Gasteiger charge is -2.24. The van der Waals surface area contributed by atoms with E-state index in [1.54, 1.807) is 0 Å². The van der Waals surface area contributed by atoms with Gasteiger partial charge >= 0.3 is 0 Å². The number of ether oxygens (including phenoxy) is 1. The van der Waals surface area contributed by atoms with Gasteiger partial charge in [0.25, 0.3) is 0 Å². The molecule has 0 saturated heterocycles. The highest BCUT2D eigenvalue weighted by Gasteiger charge is 2.20. The Morgan fingerprint density at radius 2 is 2.31 bits per heavy atom. The van der Waals surface area contributed by atoms with Gasteiger partial charge in [0, 0.05) is 21.6 Å². The van der Waals surface area contributed by atoms with E-state index in [2.05, 4.69) is 41.6 Å². The van der Waals surface area contributed by atoms with Crippen LogP contribution in [-0.2, 0) is 0 Å². The first-order valence-electron chi connectivity index (χ1n) is 4.37. The predicted molar refractivity (Wildman–Crippen MR) is 60.9 cm³/mol. The number of fused-ring (bicyclic) bond motifs is 1. The van der Waals surface area contributed by atoms with E-state index >= 15 is 0 Å². The summed E-state index contributed by atoms with van der Waals surface area (Å²) in [5.74, 6) is 0.975. The summed E-state index contributed by atoms with van der Waals surface area (Å²) in [4.78, 5) is 0. The third kappa shape index (κ3) is 1.67. The molecule has 0 unspecified atom stereocenters. The molecule has 1 aliphatic heterocycles. The number of hydrogen-bond donors (Lipinski definition) is 1. The largest absolute Gasteiger partial charge is 0.493 e. The Balaban J connectivity index is 2.56. The van der Waals surface area contributed by atoms with Crippen molar-refractivity contribution in [3.05, 3.63) is 26.8 Å². The SMILES string of the molecule is Cc1cc(I)cc2c1[C@H](N)CCO2. The van der Waals surface area contributed by atoms with Crippen LogP contribution in [0.5, 0.6) is 5.75 Å². The molecule has 1 aliphatic rings. The lowest BCUT2D eigenvalue weighted by molar-refractivity contribution is 0.268. The Morgan fingerprint density at radius 1 is 1.54 bits per heavy atom. The second-order valence-electron chi connectivity index (χ2n) is 3.38. The van der Waals surface area contributed by atoms with Crippen molar-refractivity contribution in [1.82, 2.24) is 0 Å². The second kappa shape index (κ2) is 3.46. The minimum atomic E-state index is 0.153. The fourth-order valence-corrected chi connectivity index (χ4v) is 2.51. The van der Waals surface area contributed by atoms with E-state index in [1.807, 2.05) is 0 Å². The molecule has 70 valence electrons. The van der Waals surface area contributed by atoms with Crippen LogP contribution in [-0.4, -0.2) is 6.61 Å². The summed E-state index contributed by atoms with van der Waals surface area (Å²) >= 11 is 2.30. The van der Waals surface area contributed by atoms with E-state index < -0.39 is 0 Å². The predicted octanol–water partition coefficient (Wildman–Crippen LogP) is 2.38. The summed E-state index contributed by atoms with van der Waals surface area (Å²) in [6.45, 7) is 2.84. The van der Waals surface area contributed by atoms with Crippen LogP contribution in [0.15, 0.2) is 12.1 Å². The van der Waals surface area contributed by atoms with Crippen molar-refractivity contribution < 1.29 is 4.74 Å². The molecule has 1 aromatic carbocycles. The van der Waals surface area contributed by atoms with E-state index in [1.165, 1.54) is 14.7 Å². The van der Waals surface area contributed by atoms with E-state index in [4.69, 9.17) is 10.5 Å². The molecule has 0 fully saturated rings. The quantitative estimate of drug-likeness (QED) is 0.744. The van der Waals surface area contributed by atoms with Crippen molar-refractivity contribution in [3.8, 4) is 5.75 Å². The average Bonchev–Trinajstić information content (AvgIpc) is 2.02. The Labute approximate surface area is 91.6 Å². The van der Waals surface area contributed by atoms with Crippen molar-refractivity contribution in [2.75, 3.05) is 6.61 Å². The van der Waals surface area contributed by atoms with Crippen molar-refractivity contribution >= 4 is 22.6 Å². The molecule has 0 saturated carbocycles. The lowest BCUT2D eigenvalue weighted by Crippen LogP contribution is -2.21. The summed E-state index contributed by atoms with van der Waals surface area (Å²) in [6.07, 6.45) is 0.925. The summed E-state index contributed by atoms with van der Waals surface area (Å²) < 4.78 is 6.78. The molecule has 1 atom stereocenters. The van der Waals surface area contributed by atoms with Crippen LogP contribution in [0.25, 0.3) is 0 Å². The number of hydrogen-bond acceptors (Lipinski definition) is 2. The Hall–Kier alpha value is -0.290. The molecule has 0 radical (unpaired) electrons. The smallest absolute Gasteiger partial charge is 0.125 e. The van der Waals surface area contributed by atoms with Crippen LogP contribution in [0.2, 0.25) is 0 Å². The van der Waals surface area contributed by atoms with Gasteiger partial charge in [-0.2, -0.15) is 0 Å². The monoisotopic (exact) mass is 289 g/mol. The normalized spacial score (nSPS) is 20.7. The maximum absolute atomic E-state index is 6.01. The van der Waals surface area contributed by atoms with E-state index in [9.17, 15) is 0 Å².